The molecule has 0 spiro atoms. The summed E-state index contributed by atoms with van der Waals surface area (Å²) in [6.45, 7) is 2.13. The van der Waals surface area contributed by atoms with Crippen molar-refractivity contribution < 1.29 is 19.4 Å². The van der Waals surface area contributed by atoms with Gasteiger partial charge in [0.25, 0.3) is 0 Å². The molecule has 150 valence electrons. The fraction of sp³-hybridized carbons (Fsp3) is 0.850. The standard InChI is InChI=1S/C20H31N3O4/c21-14-20(12-17(20)13-24)22-19(26)16(10-15-4-2-1-3-5-15)11-18(25)23-6-8-27-9-7-23/h15-17,24H,1-13H2,(H,22,26)/t16-,17+,20-/m1/s1. The predicted molar refractivity (Wildman–Crippen MR) is 98.4 cm³/mol. The zero-order chi connectivity index (χ0) is 19.3. The lowest BCUT2D eigenvalue weighted by atomic mass is 9.81. The number of aliphatic hydroxyl groups is 1. The third kappa shape index (κ3) is 4.99. The lowest BCUT2D eigenvalue weighted by Crippen LogP contribution is -2.45. The van der Waals surface area contributed by atoms with Crippen molar-refractivity contribution >= 4 is 11.8 Å². The third-order valence-corrected chi connectivity index (χ3v) is 6.37. The Morgan fingerprint density at radius 2 is 1.96 bits per heavy atom. The monoisotopic (exact) mass is 377 g/mol. The number of ether oxygens (including phenoxy) is 1. The minimum absolute atomic E-state index is 0.00484. The number of carbonyl (C=O) groups excluding carboxylic acids is 2. The lowest BCUT2D eigenvalue weighted by Gasteiger charge is -2.30. The molecule has 3 atom stereocenters. The summed E-state index contributed by atoms with van der Waals surface area (Å²) in [4.78, 5) is 27.5. The molecule has 2 N–H and O–H groups in total. The molecule has 0 radical (unpaired) electrons. The van der Waals surface area contributed by atoms with Crippen molar-refractivity contribution in [3.05, 3.63) is 0 Å². The van der Waals surface area contributed by atoms with Crippen molar-refractivity contribution in [2.45, 2.75) is 56.9 Å². The smallest absolute Gasteiger partial charge is 0.224 e. The Bertz CT molecular complexity index is 578. The Kier molecular flexibility index (Phi) is 6.72. The van der Waals surface area contributed by atoms with E-state index in [9.17, 15) is 20.0 Å². The Morgan fingerprint density at radius 3 is 2.56 bits per heavy atom. The molecule has 1 aliphatic heterocycles. The van der Waals surface area contributed by atoms with Gasteiger partial charge in [0.15, 0.2) is 0 Å². The van der Waals surface area contributed by atoms with Crippen molar-refractivity contribution in [2.24, 2.45) is 17.8 Å². The van der Waals surface area contributed by atoms with Crippen molar-refractivity contribution in [3.63, 3.8) is 0 Å². The molecule has 3 rings (SSSR count). The largest absolute Gasteiger partial charge is 0.396 e. The van der Waals surface area contributed by atoms with E-state index in [1.165, 1.54) is 19.3 Å². The zero-order valence-corrected chi connectivity index (χ0v) is 16.0. The van der Waals surface area contributed by atoms with Crippen LogP contribution in [-0.4, -0.2) is 60.3 Å². The molecule has 0 aromatic rings. The Morgan fingerprint density at radius 1 is 1.26 bits per heavy atom. The van der Waals surface area contributed by atoms with Gasteiger partial charge in [-0.15, -0.1) is 0 Å². The molecule has 7 nitrogen and oxygen atoms in total. The average Bonchev–Trinajstić information content (AvgIpc) is 3.42. The van der Waals surface area contributed by atoms with E-state index in [0.29, 0.717) is 45.1 Å². The number of hydrogen-bond acceptors (Lipinski definition) is 5. The van der Waals surface area contributed by atoms with Crippen molar-refractivity contribution in [2.75, 3.05) is 32.9 Å². The number of nitrogens with zero attached hydrogens (tertiary/aromatic N) is 2. The van der Waals surface area contributed by atoms with Gasteiger partial charge in [-0.25, -0.2) is 0 Å². The normalized spacial score (nSPS) is 29.6. The fourth-order valence-electron chi connectivity index (χ4n) is 4.45. The van der Waals surface area contributed by atoms with E-state index in [1.807, 2.05) is 0 Å². The molecule has 2 aliphatic carbocycles. The molecular formula is C20H31N3O4. The number of nitriles is 1. The summed E-state index contributed by atoms with van der Waals surface area (Å²) in [7, 11) is 0. The highest BCUT2D eigenvalue weighted by molar-refractivity contribution is 5.87. The molecule has 7 heteroatoms. The molecule has 27 heavy (non-hydrogen) atoms. The highest BCUT2D eigenvalue weighted by atomic mass is 16.5. The molecule has 0 aromatic carbocycles. The van der Waals surface area contributed by atoms with Gasteiger partial charge in [-0.2, -0.15) is 5.26 Å². The number of hydrogen-bond donors (Lipinski definition) is 2. The van der Waals surface area contributed by atoms with E-state index < -0.39 is 11.5 Å². The van der Waals surface area contributed by atoms with E-state index in [4.69, 9.17) is 4.74 Å². The summed E-state index contributed by atoms with van der Waals surface area (Å²) in [6.07, 6.45) is 7.21. The van der Waals surface area contributed by atoms with Gasteiger partial charge in [0.2, 0.25) is 11.8 Å². The summed E-state index contributed by atoms with van der Waals surface area (Å²) in [5.74, 6) is -0.349. The van der Waals surface area contributed by atoms with Crippen LogP contribution in [0.5, 0.6) is 0 Å². The molecule has 3 aliphatic rings. The number of rotatable bonds is 7. The van der Waals surface area contributed by atoms with Crippen LogP contribution in [0.2, 0.25) is 0 Å². The molecule has 0 unspecified atom stereocenters. The number of amides is 2. The SMILES string of the molecule is N#C[C@]1(NC(=O)[C@@H](CC(=O)N2CCOCC2)CC2CCCCC2)C[C@H]1CO. The third-order valence-electron chi connectivity index (χ3n) is 6.37. The van der Waals surface area contributed by atoms with Crippen LogP contribution in [0.4, 0.5) is 0 Å². The molecule has 2 saturated carbocycles. The van der Waals surface area contributed by atoms with Crippen LogP contribution >= 0.6 is 0 Å². The maximum atomic E-state index is 13.0. The number of carbonyl (C=O) groups is 2. The van der Waals surface area contributed by atoms with Crippen LogP contribution in [0.25, 0.3) is 0 Å². The fourth-order valence-corrected chi connectivity index (χ4v) is 4.45. The Hall–Kier alpha value is -1.65. The van der Waals surface area contributed by atoms with Gasteiger partial charge in [0.1, 0.15) is 5.54 Å². The number of aliphatic hydroxyl groups excluding tert-OH is 1. The van der Waals surface area contributed by atoms with Crippen LogP contribution in [-0.2, 0) is 14.3 Å². The van der Waals surface area contributed by atoms with E-state index in [0.717, 1.165) is 12.8 Å². The maximum Gasteiger partial charge on any atom is 0.224 e. The van der Waals surface area contributed by atoms with Gasteiger partial charge in [-0.1, -0.05) is 32.1 Å². The molecule has 1 saturated heterocycles. The van der Waals surface area contributed by atoms with Gasteiger partial charge in [0.05, 0.1) is 19.3 Å². The topological polar surface area (TPSA) is 103 Å². The van der Waals surface area contributed by atoms with Crippen molar-refractivity contribution in [1.29, 1.82) is 5.26 Å². The van der Waals surface area contributed by atoms with Gasteiger partial charge < -0.3 is 20.1 Å². The molecule has 0 aromatic heterocycles. The van der Waals surface area contributed by atoms with Crippen LogP contribution in [0.1, 0.15) is 51.4 Å². The Labute approximate surface area is 161 Å². The minimum atomic E-state index is -0.946. The second-order valence-corrected chi connectivity index (χ2v) is 8.29. The lowest BCUT2D eigenvalue weighted by molar-refractivity contribution is -0.140. The van der Waals surface area contributed by atoms with E-state index >= 15 is 0 Å². The second-order valence-electron chi connectivity index (χ2n) is 8.29. The second kappa shape index (κ2) is 9.03. The van der Waals surface area contributed by atoms with Crippen molar-refractivity contribution in [3.8, 4) is 6.07 Å². The summed E-state index contributed by atoms with van der Waals surface area (Å²) in [6, 6.07) is 2.16. The summed E-state index contributed by atoms with van der Waals surface area (Å²) >= 11 is 0. The quantitative estimate of drug-likeness (QED) is 0.694. The van der Waals surface area contributed by atoms with E-state index in [1.54, 1.807) is 4.90 Å². The Balaban J connectivity index is 1.63. The zero-order valence-electron chi connectivity index (χ0n) is 16.0. The van der Waals surface area contributed by atoms with Gasteiger partial charge in [0, 0.05) is 38.0 Å². The van der Waals surface area contributed by atoms with Crippen LogP contribution in [0.3, 0.4) is 0 Å². The number of nitrogens with one attached hydrogen (secondary N) is 1. The maximum absolute atomic E-state index is 13.0. The summed E-state index contributed by atoms with van der Waals surface area (Å²) in [5.41, 5.74) is -0.946. The minimum Gasteiger partial charge on any atom is -0.396 e. The average molecular weight is 377 g/mol. The summed E-state index contributed by atoms with van der Waals surface area (Å²) < 4.78 is 5.30. The van der Waals surface area contributed by atoms with Crippen LogP contribution in [0, 0.1) is 29.1 Å². The number of morpholine rings is 1. The first-order valence-corrected chi connectivity index (χ1v) is 10.3. The first kappa shape index (κ1) is 20.1. The van der Waals surface area contributed by atoms with E-state index in [2.05, 4.69) is 11.4 Å². The van der Waals surface area contributed by atoms with Gasteiger partial charge in [-0.05, 0) is 18.8 Å². The molecular weight excluding hydrogens is 346 g/mol. The molecule has 2 amide bonds. The van der Waals surface area contributed by atoms with Crippen LogP contribution < -0.4 is 5.32 Å². The first-order chi connectivity index (χ1) is 13.1. The van der Waals surface area contributed by atoms with Gasteiger partial charge >= 0.3 is 0 Å². The van der Waals surface area contributed by atoms with Crippen molar-refractivity contribution in [1.82, 2.24) is 10.2 Å². The highest BCUT2D eigenvalue weighted by Crippen LogP contribution is 2.43. The molecule has 3 fully saturated rings. The summed E-state index contributed by atoms with van der Waals surface area (Å²) in [5, 5.41) is 21.6. The highest BCUT2D eigenvalue weighted by Gasteiger charge is 2.56. The van der Waals surface area contributed by atoms with E-state index in [-0.39, 0.29) is 30.8 Å². The molecule has 0 bridgehead atoms. The molecule has 1 heterocycles. The van der Waals surface area contributed by atoms with Crippen LogP contribution in [0.15, 0.2) is 0 Å². The first-order valence-electron chi connectivity index (χ1n) is 10.3. The predicted octanol–water partition coefficient (Wildman–Crippen LogP) is 1.21. The van der Waals surface area contributed by atoms with Gasteiger partial charge in [-0.3, -0.25) is 9.59 Å².